The molecule has 0 radical (unpaired) electrons. The predicted octanol–water partition coefficient (Wildman–Crippen LogP) is 3.51. The van der Waals surface area contributed by atoms with Gasteiger partial charge >= 0.3 is 0 Å². The molecule has 0 spiro atoms. The van der Waals surface area contributed by atoms with Gasteiger partial charge in [-0.15, -0.1) is 11.3 Å². The fraction of sp³-hybridized carbons (Fsp3) is 0.696. The number of hydrogen-bond acceptors (Lipinski definition) is 5. The first-order chi connectivity index (χ1) is 14.7. The van der Waals surface area contributed by atoms with E-state index in [-0.39, 0.29) is 5.91 Å². The van der Waals surface area contributed by atoms with Gasteiger partial charge in [0.2, 0.25) is 0 Å². The third kappa shape index (κ3) is 5.07. The van der Waals surface area contributed by atoms with E-state index in [1.165, 1.54) is 24.1 Å². The molecule has 1 atom stereocenters. The summed E-state index contributed by atoms with van der Waals surface area (Å²) in [4.78, 5) is 24.1. The molecule has 0 bridgehead atoms. The van der Waals surface area contributed by atoms with Gasteiger partial charge in [-0.3, -0.25) is 9.69 Å². The van der Waals surface area contributed by atoms with Crippen LogP contribution in [0.15, 0.2) is 17.5 Å². The van der Waals surface area contributed by atoms with Crippen LogP contribution in [0.1, 0.15) is 43.1 Å². The number of likely N-dealkylation sites (tertiary alicyclic amines) is 2. The van der Waals surface area contributed by atoms with E-state index in [9.17, 15) is 4.79 Å². The summed E-state index contributed by atoms with van der Waals surface area (Å²) in [5, 5.41) is 2.07. The van der Waals surface area contributed by atoms with E-state index in [0.29, 0.717) is 12.0 Å². The standard InChI is InChI=1S/C23H36N4O2S/c1-3-26-9-4-5-19(26)17-27(16-18-6-10-25(11-7-18)12-13-29-2)23(28)21-15-22-20(24-21)8-14-30-22/h8,14-15,18-19,24H,3-7,9-13,16-17H2,1-2H3/t19-/m1/s1. The van der Waals surface area contributed by atoms with Crippen LogP contribution < -0.4 is 0 Å². The molecule has 6 nitrogen and oxygen atoms in total. The first kappa shape index (κ1) is 21.8. The number of aromatic amines is 1. The first-order valence-electron chi connectivity index (χ1n) is 11.5. The van der Waals surface area contributed by atoms with E-state index in [0.717, 1.165) is 69.9 Å². The van der Waals surface area contributed by atoms with E-state index in [1.807, 2.05) is 6.07 Å². The van der Waals surface area contributed by atoms with Gasteiger partial charge in [-0.1, -0.05) is 6.92 Å². The highest BCUT2D eigenvalue weighted by atomic mass is 32.1. The molecule has 2 fully saturated rings. The molecule has 2 aromatic heterocycles. The van der Waals surface area contributed by atoms with Crippen molar-refractivity contribution in [2.24, 2.45) is 5.92 Å². The molecule has 0 saturated carbocycles. The van der Waals surface area contributed by atoms with Crippen LogP contribution >= 0.6 is 11.3 Å². The van der Waals surface area contributed by atoms with Crippen molar-refractivity contribution in [2.45, 2.75) is 38.6 Å². The fourth-order valence-corrected chi connectivity index (χ4v) is 5.85. The number of amides is 1. The highest BCUT2D eigenvalue weighted by Crippen LogP contribution is 2.25. The van der Waals surface area contributed by atoms with E-state index < -0.39 is 0 Å². The molecule has 2 aliphatic rings. The molecule has 30 heavy (non-hydrogen) atoms. The Morgan fingerprint density at radius 3 is 2.83 bits per heavy atom. The summed E-state index contributed by atoms with van der Waals surface area (Å²) in [7, 11) is 1.77. The van der Waals surface area contributed by atoms with Crippen molar-refractivity contribution >= 4 is 27.5 Å². The minimum absolute atomic E-state index is 0.170. The normalized spacial score (nSPS) is 21.6. The molecule has 2 aromatic rings. The van der Waals surface area contributed by atoms with Gasteiger partial charge in [-0.05, 0) is 75.3 Å². The predicted molar refractivity (Wildman–Crippen MR) is 123 cm³/mol. The van der Waals surface area contributed by atoms with E-state index in [4.69, 9.17) is 4.74 Å². The zero-order chi connectivity index (χ0) is 20.9. The van der Waals surface area contributed by atoms with Crippen LogP contribution in [0.25, 0.3) is 10.2 Å². The summed E-state index contributed by atoms with van der Waals surface area (Å²) in [6, 6.07) is 4.60. The quantitative estimate of drug-likeness (QED) is 0.659. The van der Waals surface area contributed by atoms with E-state index in [1.54, 1.807) is 18.4 Å². The number of hydrogen-bond donors (Lipinski definition) is 1. The Balaban J connectivity index is 1.43. The summed E-state index contributed by atoms with van der Waals surface area (Å²) in [5.74, 6) is 0.753. The van der Waals surface area contributed by atoms with E-state index >= 15 is 0 Å². The minimum atomic E-state index is 0.170. The molecule has 7 heteroatoms. The number of piperidine rings is 1. The summed E-state index contributed by atoms with van der Waals surface area (Å²) >= 11 is 1.69. The lowest BCUT2D eigenvalue weighted by atomic mass is 9.95. The van der Waals surface area contributed by atoms with Gasteiger partial charge in [0.05, 0.1) is 16.8 Å². The number of carbonyl (C=O) groups is 1. The Hall–Kier alpha value is -1.41. The molecule has 1 N–H and O–H groups in total. The molecule has 0 unspecified atom stereocenters. The van der Waals surface area contributed by atoms with Crippen LogP contribution in [0.4, 0.5) is 0 Å². The average molecular weight is 433 g/mol. The minimum Gasteiger partial charge on any atom is -0.383 e. The molecular formula is C23H36N4O2S. The Morgan fingerprint density at radius 2 is 2.10 bits per heavy atom. The Morgan fingerprint density at radius 1 is 1.27 bits per heavy atom. The van der Waals surface area contributed by atoms with E-state index in [2.05, 4.69) is 38.1 Å². The first-order valence-corrected chi connectivity index (χ1v) is 12.4. The number of likely N-dealkylation sites (N-methyl/N-ethyl adjacent to an activating group) is 1. The van der Waals surface area contributed by atoms with Crippen LogP contribution in [0.3, 0.4) is 0 Å². The number of methoxy groups -OCH3 is 1. The fourth-order valence-electron chi connectivity index (χ4n) is 5.07. The van der Waals surface area contributed by atoms with Gasteiger partial charge in [0.15, 0.2) is 0 Å². The Kier molecular flexibility index (Phi) is 7.46. The number of thiophene rings is 1. The third-order valence-corrected chi connectivity index (χ3v) is 7.76. The summed E-state index contributed by atoms with van der Waals surface area (Å²) in [5.41, 5.74) is 1.82. The number of aromatic nitrogens is 1. The maximum atomic E-state index is 13.5. The topological polar surface area (TPSA) is 51.8 Å². The van der Waals surface area contributed by atoms with Crippen LogP contribution in [0.2, 0.25) is 0 Å². The Bertz CT molecular complexity index is 783. The van der Waals surface area contributed by atoms with Gasteiger partial charge < -0.3 is 19.5 Å². The molecule has 0 aromatic carbocycles. The number of rotatable bonds is 9. The second kappa shape index (κ2) is 10.3. The van der Waals surface area contributed by atoms with Crippen molar-refractivity contribution < 1.29 is 9.53 Å². The molecule has 166 valence electrons. The number of carbonyl (C=O) groups excluding carboxylic acids is 1. The lowest BCUT2D eigenvalue weighted by Gasteiger charge is -2.36. The number of ether oxygens (including phenoxy) is 1. The summed E-state index contributed by atoms with van der Waals surface area (Å²) in [6.45, 7) is 10.2. The zero-order valence-electron chi connectivity index (χ0n) is 18.4. The molecule has 1 amide bonds. The monoisotopic (exact) mass is 432 g/mol. The largest absolute Gasteiger partial charge is 0.383 e. The number of fused-ring (bicyclic) bond motifs is 1. The molecular weight excluding hydrogens is 396 g/mol. The maximum absolute atomic E-state index is 13.5. The van der Waals surface area contributed by atoms with Crippen LogP contribution in [-0.4, -0.2) is 91.2 Å². The van der Waals surface area contributed by atoms with Crippen molar-refractivity contribution in [3.05, 3.63) is 23.2 Å². The SMILES string of the molecule is CCN1CCC[C@@H]1CN(CC1CCN(CCOC)CC1)C(=O)c1cc2sccc2[nH]1. The van der Waals surface area contributed by atoms with Crippen molar-refractivity contribution in [3.63, 3.8) is 0 Å². The van der Waals surface area contributed by atoms with Gasteiger partial charge in [-0.25, -0.2) is 0 Å². The highest BCUT2D eigenvalue weighted by molar-refractivity contribution is 7.17. The third-order valence-electron chi connectivity index (χ3n) is 6.89. The molecule has 2 saturated heterocycles. The smallest absolute Gasteiger partial charge is 0.270 e. The number of H-pyrrole nitrogens is 1. The molecule has 4 rings (SSSR count). The van der Waals surface area contributed by atoms with Crippen molar-refractivity contribution in [1.29, 1.82) is 0 Å². The molecule has 2 aliphatic heterocycles. The summed E-state index contributed by atoms with van der Waals surface area (Å²) in [6.07, 6.45) is 4.77. The van der Waals surface area contributed by atoms with Gasteiger partial charge in [0.25, 0.3) is 5.91 Å². The zero-order valence-corrected chi connectivity index (χ0v) is 19.3. The average Bonchev–Trinajstić information content (AvgIpc) is 3.48. The summed E-state index contributed by atoms with van der Waals surface area (Å²) < 4.78 is 6.40. The number of nitrogens with one attached hydrogen (secondary N) is 1. The second-order valence-electron chi connectivity index (χ2n) is 8.79. The molecule has 4 heterocycles. The van der Waals surface area contributed by atoms with Gasteiger partial charge in [-0.2, -0.15) is 0 Å². The Labute approximate surface area is 184 Å². The number of nitrogens with zero attached hydrogens (tertiary/aromatic N) is 3. The van der Waals surface area contributed by atoms with Crippen molar-refractivity contribution in [2.75, 3.05) is 59.5 Å². The van der Waals surface area contributed by atoms with Crippen molar-refractivity contribution in [1.82, 2.24) is 19.7 Å². The lowest BCUT2D eigenvalue weighted by molar-refractivity contribution is 0.0612. The van der Waals surface area contributed by atoms with Gasteiger partial charge in [0.1, 0.15) is 5.69 Å². The van der Waals surface area contributed by atoms with Crippen LogP contribution in [-0.2, 0) is 4.74 Å². The van der Waals surface area contributed by atoms with Crippen LogP contribution in [0.5, 0.6) is 0 Å². The van der Waals surface area contributed by atoms with Gasteiger partial charge in [0, 0.05) is 32.8 Å². The van der Waals surface area contributed by atoms with Crippen molar-refractivity contribution in [3.8, 4) is 0 Å². The van der Waals surface area contributed by atoms with Crippen LogP contribution in [0, 0.1) is 5.92 Å². The second-order valence-corrected chi connectivity index (χ2v) is 9.74. The highest BCUT2D eigenvalue weighted by Gasteiger charge is 2.30. The maximum Gasteiger partial charge on any atom is 0.270 e. The molecule has 0 aliphatic carbocycles. The lowest BCUT2D eigenvalue weighted by Crippen LogP contribution is -2.46.